The van der Waals surface area contributed by atoms with E-state index in [1.165, 1.54) is 32.1 Å². The molecule has 1 fully saturated rings. The van der Waals surface area contributed by atoms with Gasteiger partial charge in [0, 0.05) is 23.9 Å². The Morgan fingerprint density at radius 1 is 1.00 bits per heavy atom. The molecule has 6 heteroatoms. The molecule has 1 aliphatic rings. The van der Waals surface area contributed by atoms with Crippen molar-refractivity contribution >= 4 is 5.69 Å². The number of rotatable bonds is 6. The molecule has 0 bridgehead atoms. The molecule has 0 amide bonds. The van der Waals surface area contributed by atoms with Gasteiger partial charge in [-0.3, -0.25) is 0 Å². The van der Waals surface area contributed by atoms with Gasteiger partial charge < -0.3 is 10.1 Å². The predicted octanol–water partition coefficient (Wildman–Crippen LogP) is 6.42. The first-order valence-electron chi connectivity index (χ1n) is 9.24. The third kappa shape index (κ3) is 5.62. The van der Waals surface area contributed by atoms with E-state index >= 15 is 0 Å². The topological polar surface area (TPSA) is 21.3 Å². The number of hydrogen-bond donors (Lipinski definition) is 1. The van der Waals surface area contributed by atoms with Crippen LogP contribution in [-0.2, 0) is 12.7 Å². The number of halogens is 4. The summed E-state index contributed by atoms with van der Waals surface area (Å²) in [6.07, 6.45) is 1.67. The van der Waals surface area contributed by atoms with Crippen LogP contribution in [0, 0.1) is 11.7 Å². The van der Waals surface area contributed by atoms with Crippen LogP contribution in [0.1, 0.15) is 43.2 Å². The maximum atomic E-state index is 13.8. The minimum absolute atomic E-state index is 0.0293. The molecule has 146 valence electrons. The first-order valence-corrected chi connectivity index (χ1v) is 9.24. The second-order valence-electron chi connectivity index (χ2n) is 7.00. The molecule has 1 saturated carbocycles. The van der Waals surface area contributed by atoms with Crippen LogP contribution in [-0.4, -0.2) is 6.61 Å². The van der Waals surface area contributed by atoms with Crippen LogP contribution < -0.4 is 10.1 Å². The van der Waals surface area contributed by atoms with E-state index in [0.717, 1.165) is 18.2 Å². The lowest BCUT2D eigenvalue weighted by molar-refractivity contribution is -0.137. The molecule has 2 nitrogen and oxygen atoms in total. The van der Waals surface area contributed by atoms with Gasteiger partial charge in [0.25, 0.3) is 0 Å². The van der Waals surface area contributed by atoms with Gasteiger partial charge in [-0.15, -0.1) is 0 Å². The Kier molecular flexibility index (Phi) is 6.24. The Balaban J connectivity index is 1.60. The minimum Gasteiger partial charge on any atom is -0.493 e. The highest BCUT2D eigenvalue weighted by atomic mass is 19.4. The maximum absolute atomic E-state index is 13.8. The highest BCUT2D eigenvalue weighted by Crippen LogP contribution is 2.31. The fourth-order valence-corrected chi connectivity index (χ4v) is 3.35. The van der Waals surface area contributed by atoms with Gasteiger partial charge in [-0.25, -0.2) is 4.39 Å². The predicted molar refractivity (Wildman–Crippen MR) is 97.2 cm³/mol. The molecule has 0 saturated heterocycles. The molecule has 0 atom stereocenters. The molecule has 0 aliphatic heterocycles. The van der Waals surface area contributed by atoms with Crippen molar-refractivity contribution in [2.45, 2.75) is 44.8 Å². The summed E-state index contributed by atoms with van der Waals surface area (Å²) < 4.78 is 58.1. The monoisotopic (exact) mass is 381 g/mol. The van der Waals surface area contributed by atoms with E-state index in [1.807, 2.05) is 6.07 Å². The third-order valence-corrected chi connectivity index (χ3v) is 4.90. The average Bonchev–Trinajstić information content (AvgIpc) is 2.66. The lowest BCUT2D eigenvalue weighted by atomic mass is 9.90. The number of alkyl halides is 3. The zero-order valence-corrected chi connectivity index (χ0v) is 15.0. The van der Waals surface area contributed by atoms with Crippen molar-refractivity contribution in [3.8, 4) is 5.75 Å². The molecule has 2 aromatic rings. The van der Waals surface area contributed by atoms with Crippen molar-refractivity contribution in [3.63, 3.8) is 0 Å². The summed E-state index contributed by atoms with van der Waals surface area (Å²) in [6, 6.07) is 9.65. The molecule has 2 aromatic carbocycles. The molecular formula is C21H23F4NO. The van der Waals surface area contributed by atoms with Gasteiger partial charge in [0.2, 0.25) is 0 Å². The molecule has 0 spiro atoms. The van der Waals surface area contributed by atoms with E-state index in [2.05, 4.69) is 5.32 Å². The van der Waals surface area contributed by atoms with Crippen molar-refractivity contribution in [1.29, 1.82) is 0 Å². The highest BCUT2D eigenvalue weighted by Gasteiger charge is 2.31. The molecule has 0 radical (unpaired) electrons. The van der Waals surface area contributed by atoms with Gasteiger partial charge in [0.15, 0.2) is 0 Å². The Morgan fingerprint density at radius 3 is 2.52 bits per heavy atom. The van der Waals surface area contributed by atoms with Crippen molar-refractivity contribution in [2.24, 2.45) is 5.92 Å². The van der Waals surface area contributed by atoms with Crippen LogP contribution in [0.4, 0.5) is 23.2 Å². The van der Waals surface area contributed by atoms with Gasteiger partial charge in [0.1, 0.15) is 11.6 Å². The molecule has 1 aliphatic carbocycles. The highest BCUT2D eigenvalue weighted by molar-refractivity contribution is 5.48. The maximum Gasteiger partial charge on any atom is 0.416 e. The number of ether oxygens (including phenoxy) is 1. The van der Waals surface area contributed by atoms with Crippen molar-refractivity contribution < 1.29 is 22.3 Å². The largest absolute Gasteiger partial charge is 0.493 e. The summed E-state index contributed by atoms with van der Waals surface area (Å²) in [4.78, 5) is 0. The van der Waals surface area contributed by atoms with Gasteiger partial charge in [-0.1, -0.05) is 25.3 Å². The van der Waals surface area contributed by atoms with Crippen LogP contribution in [0.3, 0.4) is 0 Å². The quantitative estimate of drug-likeness (QED) is 0.583. The summed E-state index contributed by atoms with van der Waals surface area (Å²) in [7, 11) is 0. The van der Waals surface area contributed by atoms with E-state index in [9.17, 15) is 17.6 Å². The second-order valence-corrected chi connectivity index (χ2v) is 7.00. The van der Waals surface area contributed by atoms with Gasteiger partial charge in [-0.2, -0.15) is 13.2 Å². The van der Waals surface area contributed by atoms with Crippen molar-refractivity contribution in [2.75, 3.05) is 11.9 Å². The second kappa shape index (κ2) is 8.63. The Bertz CT molecular complexity index is 754. The standard InChI is InChI=1S/C21H23F4NO/c22-20-10-9-17(21(23,24)25)11-16(20)13-26-18-7-4-8-19(12-18)27-14-15-5-2-1-3-6-15/h4,7-12,15,26H,1-3,5-6,13-14H2. The molecule has 3 rings (SSSR count). The fraction of sp³-hybridized carbons (Fsp3) is 0.429. The molecule has 27 heavy (non-hydrogen) atoms. The summed E-state index contributed by atoms with van der Waals surface area (Å²) in [5.41, 5.74) is -0.212. The Hall–Kier alpha value is -2.24. The van der Waals surface area contributed by atoms with Crippen molar-refractivity contribution in [3.05, 3.63) is 59.4 Å². The van der Waals surface area contributed by atoms with Gasteiger partial charge in [0.05, 0.1) is 12.2 Å². The van der Waals surface area contributed by atoms with Gasteiger partial charge >= 0.3 is 6.18 Å². The van der Waals surface area contributed by atoms with Crippen LogP contribution in [0.25, 0.3) is 0 Å². The van der Waals surface area contributed by atoms with E-state index < -0.39 is 17.6 Å². The Labute approximate surface area is 156 Å². The van der Waals surface area contributed by atoms with E-state index in [4.69, 9.17) is 4.74 Å². The summed E-state index contributed by atoms with van der Waals surface area (Å²) >= 11 is 0. The number of hydrogen-bond acceptors (Lipinski definition) is 2. The Morgan fingerprint density at radius 2 is 1.78 bits per heavy atom. The van der Waals surface area contributed by atoms with Crippen LogP contribution in [0.15, 0.2) is 42.5 Å². The van der Waals surface area contributed by atoms with E-state index in [-0.39, 0.29) is 12.1 Å². The third-order valence-electron chi connectivity index (χ3n) is 4.90. The van der Waals surface area contributed by atoms with Gasteiger partial charge in [-0.05, 0) is 49.1 Å². The number of benzene rings is 2. The van der Waals surface area contributed by atoms with Crippen LogP contribution in [0.2, 0.25) is 0 Å². The summed E-state index contributed by atoms with van der Waals surface area (Å²) in [5.74, 6) is 0.616. The SMILES string of the molecule is Fc1ccc(C(F)(F)F)cc1CNc1cccc(OCC2CCCCC2)c1. The van der Waals surface area contributed by atoms with Crippen molar-refractivity contribution in [1.82, 2.24) is 0 Å². The lowest BCUT2D eigenvalue weighted by Crippen LogP contribution is -2.15. The average molecular weight is 381 g/mol. The van der Waals surface area contributed by atoms with Crippen LogP contribution in [0.5, 0.6) is 5.75 Å². The van der Waals surface area contributed by atoms with E-state index in [1.54, 1.807) is 18.2 Å². The minimum atomic E-state index is -4.49. The zero-order chi connectivity index (χ0) is 19.3. The smallest absolute Gasteiger partial charge is 0.416 e. The lowest BCUT2D eigenvalue weighted by Gasteiger charge is -2.21. The number of anilines is 1. The first kappa shape index (κ1) is 19.5. The fourth-order valence-electron chi connectivity index (χ4n) is 3.35. The first-order chi connectivity index (χ1) is 12.9. The summed E-state index contributed by atoms with van der Waals surface area (Å²) in [5, 5.41) is 2.97. The molecule has 0 aromatic heterocycles. The molecule has 1 N–H and O–H groups in total. The molecule has 0 heterocycles. The zero-order valence-electron chi connectivity index (χ0n) is 15.0. The van der Waals surface area contributed by atoms with E-state index in [0.29, 0.717) is 24.0 Å². The molecule has 0 unspecified atom stereocenters. The molecular weight excluding hydrogens is 358 g/mol. The summed E-state index contributed by atoms with van der Waals surface area (Å²) in [6.45, 7) is 0.632. The normalized spacial score (nSPS) is 15.6. The number of nitrogens with one attached hydrogen (secondary N) is 1. The van der Waals surface area contributed by atoms with Crippen LogP contribution >= 0.6 is 0 Å².